The van der Waals surface area contributed by atoms with Gasteiger partial charge in [0.1, 0.15) is 17.3 Å². The van der Waals surface area contributed by atoms with Crippen LogP contribution < -0.4 is 20.3 Å². The Labute approximate surface area is 296 Å². The number of hydrogen-bond acceptors (Lipinski definition) is 6. The Bertz CT molecular complexity index is 2320. The van der Waals surface area contributed by atoms with Gasteiger partial charge >= 0.3 is 0 Å². The number of ether oxygens (including phenoxy) is 2. The van der Waals surface area contributed by atoms with Gasteiger partial charge in [0.2, 0.25) is 0 Å². The molecule has 0 aliphatic rings. The van der Waals surface area contributed by atoms with Gasteiger partial charge in [-0.2, -0.15) is 9.78 Å². The predicted octanol–water partition coefficient (Wildman–Crippen LogP) is 8.34. The van der Waals surface area contributed by atoms with E-state index in [9.17, 15) is 14.0 Å². The Hall–Kier alpha value is -6.03. The van der Waals surface area contributed by atoms with Gasteiger partial charge in [0, 0.05) is 33.9 Å². The Morgan fingerprint density at radius 3 is 2.45 bits per heavy atom. The van der Waals surface area contributed by atoms with Crippen molar-refractivity contribution in [3.63, 3.8) is 0 Å². The van der Waals surface area contributed by atoms with Gasteiger partial charge in [-0.3, -0.25) is 9.59 Å². The highest BCUT2D eigenvalue weighted by molar-refractivity contribution is 5.91. The molecule has 2 aromatic heterocycles. The maximum Gasteiger partial charge on any atom is 0.282 e. The van der Waals surface area contributed by atoms with Gasteiger partial charge in [0.05, 0.1) is 23.7 Å². The fraction of sp³-hybridized carbons (Fsp3) is 0.220. The van der Waals surface area contributed by atoms with Crippen LogP contribution in [0.3, 0.4) is 0 Å². The highest BCUT2D eigenvalue weighted by Gasteiger charge is 2.19. The number of aromatic nitrogens is 3. The normalized spacial score (nSPS) is 11.5. The van der Waals surface area contributed by atoms with Gasteiger partial charge in [0.25, 0.3) is 11.5 Å². The summed E-state index contributed by atoms with van der Waals surface area (Å²) in [5.41, 5.74) is 7.06. The Kier molecular flexibility index (Phi) is 10.1. The smallest absolute Gasteiger partial charge is 0.282 e. The van der Waals surface area contributed by atoms with E-state index in [1.165, 1.54) is 22.9 Å². The number of amides is 1. The summed E-state index contributed by atoms with van der Waals surface area (Å²) in [5, 5.41) is 7.87. The van der Waals surface area contributed by atoms with Gasteiger partial charge in [-0.05, 0) is 118 Å². The third-order valence-corrected chi connectivity index (χ3v) is 8.63. The Morgan fingerprint density at radius 2 is 1.73 bits per heavy atom. The van der Waals surface area contributed by atoms with E-state index in [1.54, 1.807) is 30.5 Å². The number of fused-ring (bicyclic) bond motifs is 1. The minimum atomic E-state index is -0.433. The molecule has 0 saturated carbocycles. The zero-order valence-corrected chi connectivity index (χ0v) is 29.5. The van der Waals surface area contributed by atoms with Crippen LogP contribution in [-0.4, -0.2) is 39.6 Å². The first-order chi connectivity index (χ1) is 24.5. The number of para-hydroxylation sites is 1. The number of hydrogen-bond donors (Lipinski definition) is 1. The van der Waals surface area contributed by atoms with Gasteiger partial charge in [-0.1, -0.05) is 32.0 Å². The molecule has 51 heavy (non-hydrogen) atoms. The van der Waals surface area contributed by atoms with Crippen molar-refractivity contribution in [1.82, 2.24) is 14.2 Å². The largest absolute Gasteiger partial charge is 0.494 e. The van der Waals surface area contributed by atoms with Crippen molar-refractivity contribution in [3.8, 4) is 28.6 Å². The number of benzene rings is 4. The third-order valence-electron chi connectivity index (χ3n) is 8.63. The van der Waals surface area contributed by atoms with E-state index in [1.807, 2.05) is 70.2 Å². The molecule has 0 fully saturated rings. The second kappa shape index (κ2) is 14.8. The van der Waals surface area contributed by atoms with E-state index in [0.717, 1.165) is 45.1 Å². The number of anilines is 1. The minimum absolute atomic E-state index is 0.187. The molecule has 1 N–H and O–H groups in total. The lowest BCUT2D eigenvalue weighted by atomic mass is 9.96. The van der Waals surface area contributed by atoms with Gasteiger partial charge in [-0.25, -0.2) is 9.37 Å². The zero-order chi connectivity index (χ0) is 36.2. The topological polar surface area (TPSA) is 99.7 Å². The molecule has 0 bridgehead atoms. The summed E-state index contributed by atoms with van der Waals surface area (Å²) in [5.74, 6) is 1.15. The predicted molar refractivity (Wildman–Crippen MR) is 200 cm³/mol. The summed E-state index contributed by atoms with van der Waals surface area (Å²) in [4.78, 5) is 31.3. The molecular formula is C41H40FN5O4. The number of aryl methyl sites for hydroxylation is 2. The lowest BCUT2D eigenvalue weighted by Gasteiger charge is -2.18. The maximum atomic E-state index is 14.0. The number of rotatable bonds is 11. The van der Waals surface area contributed by atoms with Crippen molar-refractivity contribution >= 4 is 28.7 Å². The molecule has 0 unspecified atom stereocenters. The summed E-state index contributed by atoms with van der Waals surface area (Å²) in [7, 11) is 0. The molecule has 260 valence electrons. The number of carbonyl (C=O) groups is 1. The van der Waals surface area contributed by atoms with Crippen molar-refractivity contribution in [2.24, 2.45) is 5.10 Å². The standard InChI is InChI=1S/C41H40FN5O4/c1-7-50-38-19-26(4)36(22-35(38)25(2)3)40-45-37-14-9-8-13-34(37)41(49)47(40)43-23-29-20-27(5)46(28(29)6)32-15-17-33(18-16-32)51-24-39(48)44-31-12-10-11-30(42)21-31/h8-23,25H,7,24H2,1-6H3,(H,44,48). The van der Waals surface area contributed by atoms with Crippen LogP contribution >= 0.6 is 0 Å². The first-order valence-electron chi connectivity index (χ1n) is 16.9. The van der Waals surface area contributed by atoms with Crippen LogP contribution in [-0.2, 0) is 4.79 Å². The molecule has 0 aliphatic carbocycles. The van der Waals surface area contributed by atoms with Crippen LogP contribution in [0.15, 0.2) is 101 Å². The van der Waals surface area contributed by atoms with E-state index in [2.05, 4.69) is 29.8 Å². The first-order valence-corrected chi connectivity index (χ1v) is 16.9. The molecule has 0 radical (unpaired) electrons. The van der Waals surface area contributed by atoms with Crippen molar-refractivity contribution < 1.29 is 18.7 Å². The van der Waals surface area contributed by atoms with Gasteiger partial charge in [-0.15, -0.1) is 0 Å². The molecule has 0 saturated heterocycles. The molecule has 6 rings (SSSR count). The van der Waals surface area contributed by atoms with Crippen molar-refractivity contribution in [2.75, 3.05) is 18.5 Å². The SMILES string of the molecule is CCOc1cc(C)c(-c2nc3ccccc3c(=O)n2N=Cc2cc(C)n(-c3ccc(OCC(=O)Nc4cccc(F)c4)cc3)c2C)cc1C(C)C. The molecule has 0 atom stereocenters. The molecule has 10 heteroatoms. The van der Waals surface area contributed by atoms with Crippen LogP contribution in [0.25, 0.3) is 28.0 Å². The van der Waals surface area contributed by atoms with Crippen molar-refractivity contribution in [3.05, 3.63) is 135 Å². The summed E-state index contributed by atoms with van der Waals surface area (Å²) in [6.45, 7) is 12.5. The maximum absolute atomic E-state index is 14.0. The van der Waals surface area contributed by atoms with E-state index in [-0.39, 0.29) is 18.1 Å². The van der Waals surface area contributed by atoms with Gasteiger partial charge in [0.15, 0.2) is 12.4 Å². The summed E-state index contributed by atoms with van der Waals surface area (Å²) in [6, 6.07) is 26.4. The fourth-order valence-electron chi connectivity index (χ4n) is 6.12. The van der Waals surface area contributed by atoms with Crippen molar-refractivity contribution in [2.45, 2.75) is 47.5 Å². The lowest BCUT2D eigenvalue weighted by Crippen LogP contribution is -2.21. The van der Waals surface area contributed by atoms with Crippen LogP contribution in [0.1, 0.15) is 54.8 Å². The van der Waals surface area contributed by atoms with Crippen LogP contribution in [0.4, 0.5) is 10.1 Å². The van der Waals surface area contributed by atoms with Crippen molar-refractivity contribution in [1.29, 1.82) is 0 Å². The molecule has 6 aromatic rings. The van der Waals surface area contributed by atoms with E-state index in [4.69, 9.17) is 19.6 Å². The highest BCUT2D eigenvalue weighted by Crippen LogP contribution is 2.34. The molecule has 9 nitrogen and oxygen atoms in total. The van der Waals surface area contributed by atoms with Crippen LogP contribution in [0, 0.1) is 26.6 Å². The Balaban J connectivity index is 1.29. The second-order valence-corrected chi connectivity index (χ2v) is 12.6. The highest BCUT2D eigenvalue weighted by atomic mass is 19.1. The monoisotopic (exact) mass is 685 g/mol. The zero-order valence-electron chi connectivity index (χ0n) is 29.5. The first kappa shape index (κ1) is 34.8. The van der Waals surface area contributed by atoms with Gasteiger partial charge < -0.3 is 19.4 Å². The summed E-state index contributed by atoms with van der Waals surface area (Å²) in [6.07, 6.45) is 1.70. The molecule has 0 aliphatic heterocycles. The average molecular weight is 686 g/mol. The number of carbonyl (C=O) groups excluding carboxylic acids is 1. The molecule has 0 spiro atoms. The fourth-order valence-corrected chi connectivity index (χ4v) is 6.12. The quantitative estimate of drug-likeness (QED) is 0.138. The lowest BCUT2D eigenvalue weighted by molar-refractivity contribution is -0.118. The summed E-state index contributed by atoms with van der Waals surface area (Å²) < 4.78 is 28.5. The van der Waals surface area contributed by atoms with Crippen LogP contribution in [0.5, 0.6) is 11.5 Å². The summed E-state index contributed by atoms with van der Waals surface area (Å²) >= 11 is 0. The van der Waals surface area contributed by atoms with E-state index < -0.39 is 11.7 Å². The van der Waals surface area contributed by atoms with Crippen LogP contribution in [0.2, 0.25) is 0 Å². The molecule has 2 heterocycles. The number of nitrogens with one attached hydrogen (secondary N) is 1. The molecular weight excluding hydrogens is 645 g/mol. The second-order valence-electron chi connectivity index (χ2n) is 12.6. The minimum Gasteiger partial charge on any atom is -0.494 e. The number of nitrogens with zero attached hydrogens (tertiary/aromatic N) is 4. The molecule has 4 aromatic carbocycles. The van der Waals surface area contributed by atoms with E-state index in [0.29, 0.717) is 34.8 Å². The number of halogens is 1. The van der Waals surface area contributed by atoms with E-state index >= 15 is 0 Å². The average Bonchev–Trinajstić information content (AvgIpc) is 3.39. The Morgan fingerprint density at radius 1 is 0.961 bits per heavy atom. The third kappa shape index (κ3) is 7.45. The molecule has 1 amide bonds.